The van der Waals surface area contributed by atoms with Crippen LogP contribution in [0.2, 0.25) is 0 Å². The van der Waals surface area contributed by atoms with E-state index in [4.69, 9.17) is 4.74 Å². The van der Waals surface area contributed by atoms with Gasteiger partial charge in [0.2, 0.25) is 5.88 Å². The molecule has 1 aromatic carbocycles. The molecule has 6 heteroatoms. The molecule has 2 aromatic rings. The lowest BCUT2D eigenvalue weighted by atomic mass is 10.2. The van der Waals surface area contributed by atoms with Crippen LogP contribution in [-0.2, 0) is 12.8 Å². The first-order chi connectivity index (χ1) is 8.97. The van der Waals surface area contributed by atoms with Crippen molar-refractivity contribution >= 4 is 0 Å². The van der Waals surface area contributed by atoms with Crippen molar-refractivity contribution in [1.29, 1.82) is 0 Å². The van der Waals surface area contributed by atoms with Crippen LogP contribution in [0.25, 0.3) is 0 Å². The van der Waals surface area contributed by atoms with Gasteiger partial charge in [-0.1, -0.05) is 30.3 Å². The Bertz CT molecular complexity index is 556. The summed E-state index contributed by atoms with van der Waals surface area (Å²) in [7, 11) is 0. The summed E-state index contributed by atoms with van der Waals surface area (Å²) in [6.45, 7) is 1.46. The van der Waals surface area contributed by atoms with Crippen LogP contribution in [0.15, 0.2) is 36.4 Å². The van der Waals surface area contributed by atoms with E-state index in [9.17, 15) is 13.2 Å². The zero-order valence-electron chi connectivity index (χ0n) is 10.1. The summed E-state index contributed by atoms with van der Waals surface area (Å²) in [4.78, 5) is 0. The van der Waals surface area contributed by atoms with Gasteiger partial charge in [0.1, 0.15) is 12.2 Å². The average Bonchev–Trinajstić information content (AvgIpc) is 2.37. The van der Waals surface area contributed by atoms with Crippen molar-refractivity contribution in [2.75, 3.05) is 0 Å². The fourth-order valence-electron chi connectivity index (χ4n) is 1.51. The van der Waals surface area contributed by atoms with E-state index < -0.39 is 17.6 Å². The molecule has 0 N–H and O–H groups in total. The summed E-state index contributed by atoms with van der Waals surface area (Å²) in [5.41, 5.74) is 0.0494. The molecule has 19 heavy (non-hydrogen) atoms. The van der Waals surface area contributed by atoms with Gasteiger partial charge in [-0.05, 0) is 18.6 Å². The van der Waals surface area contributed by atoms with Gasteiger partial charge in [0.25, 0.3) is 0 Å². The van der Waals surface area contributed by atoms with E-state index in [0.29, 0.717) is 0 Å². The largest absolute Gasteiger partial charge is 0.471 e. The number of alkyl halides is 3. The smallest absolute Gasteiger partial charge is 0.421 e. The summed E-state index contributed by atoms with van der Waals surface area (Å²) in [5, 5.41) is 7.06. The second kappa shape index (κ2) is 5.26. The van der Waals surface area contributed by atoms with Gasteiger partial charge in [-0.25, -0.2) is 0 Å². The van der Waals surface area contributed by atoms with Gasteiger partial charge >= 0.3 is 6.18 Å². The topological polar surface area (TPSA) is 35.0 Å². The monoisotopic (exact) mass is 268 g/mol. The third-order valence-corrected chi connectivity index (χ3v) is 2.41. The van der Waals surface area contributed by atoms with Crippen molar-refractivity contribution in [3.8, 4) is 5.88 Å². The van der Waals surface area contributed by atoms with Gasteiger partial charge in [-0.2, -0.15) is 18.3 Å². The third-order valence-electron chi connectivity index (χ3n) is 2.41. The molecule has 0 saturated heterocycles. The van der Waals surface area contributed by atoms with Gasteiger partial charge in [-0.15, -0.1) is 5.10 Å². The molecule has 0 aliphatic heterocycles. The van der Waals surface area contributed by atoms with Crippen LogP contribution >= 0.6 is 0 Å². The summed E-state index contributed by atoms with van der Waals surface area (Å²) in [6, 6.07) is 9.82. The predicted molar refractivity (Wildman–Crippen MR) is 62.5 cm³/mol. The minimum Gasteiger partial charge on any atom is -0.471 e. The predicted octanol–water partition coefficient (Wildman–Crippen LogP) is 3.38. The number of aryl methyl sites for hydroxylation is 1. The molecule has 100 valence electrons. The van der Waals surface area contributed by atoms with Crippen molar-refractivity contribution < 1.29 is 17.9 Å². The van der Waals surface area contributed by atoms with E-state index in [1.165, 1.54) is 6.92 Å². The lowest BCUT2D eigenvalue weighted by Gasteiger charge is -2.12. The SMILES string of the molecule is Cc1cc(C(F)(F)F)c(OCc2ccccc2)nn1. The fraction of sp³-hybridized carbons (Fsp3) is 0.231. The van der Waals surface area contributed by atoms with Gasteiger partial charge in [-0.3, -0.25) is 0 Å². The molecular formula is C13H11F3N2O. The Balaban J connectivity index is 2.21. The number of rotatable bonds is 3. The maximum absolute atomic E-state index is 12.8. The molecule has 0 amide bonds. The second-order valence-electron chi connectivity index (χ2n) is 3.98. The Morgan fingerprint density at radius 3 is 2.42 bits per heavy atom. The molecule has 0 aliphatic carbocycles. The molecule has 0 spiro atoms. The van der Waals surface area contributed by atoms with E-state index in [-0.39, 0.29) is 12.3 Å². The molecule has 0 aliphatic rings. The van der Waals surface area contributed by atoms with E-state index in [0.717, 1.165) is 11.6 Å². The first kappa shape index (κ1) is 13.3. The van der Waals surface area contributed by atoms with E-state index in [1.807, 2.05) is 6.07 Å². The average molecular weight is 268 g/mol. The number of ether oxygens (including phenoxy) is 1. The quantitative estimate of drug-likeness (QED) is 0.856. The van der Waals surface area contributed by atoms with Crippen LogP contribution in [0.5, 0.6) is 5.88 Å². The zero-order valence-corrected chi connectivity index (χ0v) is 10.1. The van der Waals surface area contributed by atoms with Crippen LogP contribution in [0, 0.1) is 6.92 Å². The Morgan fingerprint density at radius 1 is 1.11 bits per heavy atom. The first-order valence-electron chi connectivity index (χ1n) is 5.55. The van der Waals surface area contributed by atoms with Gasteiger partial charge < -0.3 is 4.74 Å². The second-order valence-corrected chi connectivity index (χ2v) is 3.98. The van der Waals surface area contributed by atoms with Crippen molar-refractivity contribution in [3.63, 3.8) is 0 Å². The Kier molecular flexibility index (Phi) is 3.69. The third kappa shape index (κ3) is 3.43. The summed E-state index contributed by atoms with van der Waals surface area (Å²) in [5.74, 6) is -0.498. The molecule has 2 rings (SSSR count). The molecule has 1 aromatic heterocycles. The molecule has 0 fully saturated rings. The number of aromatic nitrogens is 2. The number of hydrogen-bond acceptors (Lipinski definition) is 3. The van der Waals surface area contributed by atoms with Crippen molar-refractivity contribution in [2.45, 2.75) is 19.7 Å². The molecule has 3 nitrogen and oxygen atoms in total. The summed E-state index contributed by atoms with van der Waals surface area (Å²) < 4.78 is 43.5. The molecule has 0 radical (unpaired) electrons. The highest BCUT2D eigenvalue weighted by Crippen LogP contribution is 2.35. The fourth-order valence-corrected chi connectivity index (χ4v) is 1.51. The first-order valence-corrected chi connectivity index (χ1v) is 5.55. The zero-order chi connectivity index (χ0) is 13.9. The molecule has 0 bridgehead atoms. The number of nitrogens with zero attached hydrogens (tertiary/aromatic N) is 2. The van der Waals surface area contributed by atoms with Gasteiger partial charge in [0.15, 0.2) is 0 Å². The molecule has 1 heterocycles. The Morgan fingerprint density at radius 2 is 1.79 bits per heavy atom. The Labute approximate surface area is 108 Å². The van der Waals surface area contributed by atoms with Crippen LogP contribution in [-0.4, -0.2) is 10.2 Å². The lowest BCUT2D eigenvalue weighted by molar-refractivity contribution is -0.139. The lowest BCUT2D eigenvalue weighted by Crippen LogP contribution is -2.11. The number of benzene rings is 1. The van der Waals surface area contributed by atoms with E-state index >= 15 is 0 Å². The standard InChI is InChI=1S/C13H11F3N2O/c1-9-7-11(13(14,15)16)12(18-17-9)19-8-10-5-3-2-4-6-10/h2-7H,8H2,1H3. The maximum Gasteiger partial charge on any atom is 0.421 e. The van der Waals surface area contributed by atoms with Crippen molar-refractivity contribution in [2.24, 2.45) is 0 Å². The normalized spacial score (nSPS) is 11.4. The molecule has 0 unspecified atom stereocenters. The minimum atomic E-state index is -4.51. The van der Waals surface area contributed by atoms with Gasteiger partial charge in [0.05, 0.1) is 5.69 Å². The van der Waals surface area contributed by atoms with Crippen LogP contribution in [0.3, 0.4) is 0 Å². The molecular weight excluding hydrogens is 257 g/mol. The summed E-state index contributed by atoms with van der Waals surface area (Å²) >= 11 is 0. The highest BCUT2D eigenvalue weighted by atomic mass is 19.4. The van der Waals surface area contributed by atoms with Crippen molar-refractivity contribution in [1.82, 2.24) is 10.2 Å². The molecule has 0 saturated carbocycles. The van der Waals surface area contributed by atoms with Crippen LogP contribution in [0.1, 0.15) is 16.8 Å². The van der Waals surface area contributed by atoms with Gasteiger partial charge in [0, 0.05) is 0 Å². The van der Waals surface area contributed by atoms with E-state index in [2.05, 4.69) is 10.2 Å². The maximum atomic E-state index is 12.8. The highest BCUT2D eigenvalue weighted by Gasteiger charge is 2.36. The number of halogens is 3. The minimum absolute atomic E-state index is 0.0155. The van der Waals surface area contributed by atoms with E-state index in [1.54, 1.807) is 24.3 Å². The number of hydrogen-bond donors (Lipinski definition) is 0. The van der Waals surface area contributed by atoms with Crippen LogP contribution in [0.4, 0.5) is 13.2 Å². The van der Waals surface area contributed by atoms with Crippen LogP contribution < -0.4 is 4.74 Å². The molecule has 0 atom stereocenters. The summed E-state index contributed by atoms with van der Waals surface area (Å²) in [6.07, 6.45) is -4.51. The Hall–Kier alpha value is -2.11. The highest BCUT2D eigenvalue weighted by molar-refractivity contribution is 5.29. The van der Waals surface area contributed by atoms with Crippen molar-refractivity contribution in [3.05, 3.63) is 53.2 Å².